The van der Waals surface area contributed by atoms with Gasteiger partial charge in [0.15, 0.2) is 12.5 Å². The molecular weight excluding hydrogens is 984 g/mol. The number of anilines is 4. The monoisotopic (exact) mass is 1030 g/mol. The van der Waals surface area contributed by atoms with Crippen molar-refractivity contribution < 1.29 is 105 Å². The molecule has 2 unspecified atom stereocenters. The number of hydrogen-bond acceptors (Lipinski definition) is 24. The fourth-order valence-corrected chi connectivity index (χ4v) is 8.60. The van der Waals surface area contributed by atoms with Crippen molar-refractivity contribution >= 4 is 67.5 Å². The van der Waals surface area contributed by atoms with Gasteiger partial charge in [0, 0.05) is 14.1 Å². The molecule has 0 radical (unpaired) electrons. The largest absolute Gasteiger partial charge is 0.472 e. The standard InChI is InChI=1S/C28H48N10O24P4/c1-11-21(33-27(29)35-23(11)43)37(9-31-3)25-19(41)17(39)15(59-25)7-57-65(51,52)55-5-13(61-63(45,46)47)14(62-64(48,49)50)6-56-66(53,54)58-8-16-18(40)20(42)26(60-16)38(10-32-4)22-12(2)24(44)36-28(30)34-22/h9-10,13-20,25-26,39-42H,5-8H2,1-4H3,(H,51,52)(H,53,54)(H2,45,46,47)(H2,48,49,50)(H3,29,33,35,43)(H3,30,34,36,44)/b31-9+,32-10+/t13-,14+,15-,16-,17-,18-,19-,20-,25-,26-/m1/s1. The molecule has 2 saturated heterocycles. The van der Waals surface area contributed by atoms with Crippen molar-refractivity contribution in [2.75, 3.05) is 61.8 Å². The second-order valence-electron chi connectivity index (χ2n) is 13.8. The molecule has 2 aliphatic rings. The normalized spacial score (nSPS) is 26.7. The molecule has 0 spiro atoms. The fourth-order valence-electron chi connectivity index (χ4n) is 6.01. The first-order chi connectivity index (χ1) is 30.5. The number of hydrogen-bond donors (Lipinski definition) is 14. The molecule has 0 saturated carbocycles. The van der Waals surface area contributed by atoms with Gasteiger partial charge in [0.05, 0.1) is 50.2 Å². The zero-order valence-electron chi connectivity index (χ0n) is 34.6. The summed E-state index contributed by atoms with van der Waals surface area (Å²) in [6, 6.07) is 0. The Labute approximate surface area is 370 Å². The van der Waals surface area contributed by atoms with Gasteiger partial charge >= 0.3 is 31.3 Å². The van der Waals surface area contributed by atoms with Crippen LogP contribution < -0.4 is 32.4 Å². The number of phosphoric acid groups is 4. The van der Waals surface area contributed by atoms with E-state index in [4.69, 9.17) is 39.0 Å². The van der Waals surface area contributed by atoms with Gasteiger partial charge in [-0.3, -0.25) is 66.5 Å². The Morgan fingerprint density at radius 3 is 1.29 bits per heavy atom. The van der Waals surface area contributed by atoms with Crippen molar-refractivity contribution in [1.82, 2.24) is 19.9 Å². The SMILES string of the molecule is C/N=C/N(c1nc(N)[nH]c(=O)c1C)[C@@H]1O[C@H](COP(=O)(O)OC[C@H](OP(=O)(O)O)[C@@H](COP(=O)(O)OC[C@H]2O[C@@H](N(/C=N/C)c3nc(N)[nH]c(=O)c3C)[C@H](O)[C@@H]2O)OP(=O)(O)O)[C@@H](O)[C@H]1O. The van der Waals surface area contributed by atoms with Crippen molar-refractivity contribution in [1.29, 1.82) is 0 Å². The first-order valence-corrected chi connectivity index (χ1v) is 24.4. The summed E-state index contributed by atoms with van der Waals surface area (Å²) in [4.78, 5) is 106. The fraction of sp³-hybridized carbons (Fsp3) is 0.643. The molecule has 16 N–H and O–H groups in total. The van der Waals surface area contributed by atoms with Crippen molar-refractivity contribution in [3.05, 3.63) is 31.8 Å². The van der Waals surface area contributed by atoms with E-state index in [9.17, 15) is 77.6 Å². The van der Waals surface area contributed by atoms with Crippen LogP contribution in [0.2, 0.25) is 0 Å². The summed E-state index contributed by atoms with van der Waals surface area (Å²) < 4.78 is 88.8. The Bertz CT molecular complexity index is 2220. The van der Waals surface area contributed by atoms with E-state index in [-0.39, 0.29) is 34.7 Å². The van der Waals surface area contributed by atoms with Crippen LogP contribution in [-0.2, 0) is 54.9 Å². The van der Waals surface area contributed by atoms with Crippen molar-refractivity contribution in [2.45, 2.75) is 75.1 Å². The molecule has 0 amide bonds. The van der Waals surface area contributed by atoms with Crippen molar-refractivity contribution in [3.63, 3.8) is 0 Å². The van der Waals surface area contributed by atoms with E-state index in [1.807, 2.05) is 0 Å². The van der Waals surface area contributed by atoms with Gasteiger partial charge in [-0.1, -0.05) is 0 Å². The van der Waals surface area contributed by atoms with Gasteiger partial charge in [-0.15, -0.1) is 0 Å². The lowest BCUT2D eigenvalue weighted by Gasteiger charge is -2.29. The number of rotatable bonds is 23. The molecule has 4 rings (SSSR count). The maximum atomic E-state index is 13.0. The summed E-state index contributed by atoms with van der Waals surface area (Å²) in [5.41, 5.74) is 9.87. The summed E-state index contributed by atoms with van der Waals surface area (Å²) >= 11 is 0. The second-order valence-corrected chi connectivity index (χ2v) is 19.1. The third kappa shape index (κ3) is 14.8. The highest BCUT2D eigenvalue weighted by Crippen LogP contribution is 2.50. The van der Waals surface area contributed by atoms with Gasteiger partial charge < -0.3 is 70.7 Å². The third-order valence-corrected chi connectivity index (χ3v) is 12.0. The summed E-state index contributed by atoms with van der Waals surface area (Å²) in [7, 11) is -19.9. The van der Waals surface area contributed by atoms with Gasteiger partial charge in [0.25, 0.3) is 11.1 Å². The second kappa shape index (κ2) is 22.3. The lowest BCUT2D eigenvalue weighted by molar-refractivity contribution is -0.0476. The maximum Gasteiger partial charge on any atom is 0.472 e. The van der Waals surface area contributed by atoms with Crippen LogP contribution in [0, 0.1) is 13.8 Å². The smallest absolute Gasteiger partial charge is 0.387 e. The first kappa shape index (κ1) is 55.1. The number of aliphatic imine (C=N–C) groups is 2. The van der Waals surface area contributed by atoms with Crippen LogP contribution in [0.4, 0.5) is 23.5 Å². The number of nitrogen functional groups attached to an aromatic ring is 2. The Balaban J connectivity index is 1.44. The molecule has 0 aliphatic carbocycles. The Hall–Kier alpha value is -3.50. The summed E-state index contributed by atoms with van der Waals surface area (Å²) in [5, 5.41) is 43.0. The molecule has 34 nitrogen and oxygen atoms in total. The number of H-pyrrole nitrogens is 2. The topological polar surface area (TPSA) is 519 Å². The number of nitrogens with two attached hydrogens (primary N) is 2. The number of ether oxygens (including phenoxy) is 2. The molecule has 66 heavy (non-hydrogen) atoms. The average molecular weight is 1030 g/mol. The van der Waals surface area contributed by atoms with Crippen LogP contribution >= 0.6 is 31.3 Å². The van der Waals surface area contributed by atoms with E-state index in [0.717, 1.165) is 22.5 Å². The Kier molecular flexibility index (Phi) is 18.6. The number of aromatic nitrogens is 4. The van der Waals surface area contributed by atoms with Gasteiger partial charge in [-0.25, -0.2) is 18.3 Å². The van der Waals surface area contributed by atoms with Gasteiger partial charge in [0.1, 0.15) is 60.5 Å². The van der Waals surface area contributed by atoms with E-state index in [1.54, 1.807) is 0 Å². The summed E-state index contributed by atoms with van der Waals surface area (Å²) in [6.07, 6.45) is -17.0. The van der Waals surface area contributed by atoms with E-state index >= 15 is 0 Å². The van der Waals surface area contributed by atoms with Crippen molar-refractivity contribution in [2.24, 2.45) is 9.98 Å². The Morgan fingerprint density at radius 2 is 0.985 bits per heavy atom. The minimum atomic E-state index is -5.77. The number of nitrogens with zero attached hydrogens (tertiary/aromatic N) is 6. The van der Waals surface area contributed by atoms with Gasteiger partial charge in [0.2, 0.25) is 11.9 Å². The summed E-state index contributed by atoms with van der Waals surface area (Å²) in [5.74, 6) is -1.03. The van der Waals surface area contributed by atoms with E-state index in [1.165, 1.54) is 27.9 Å². The zero-order chi connectivity index (χ0) is 49.7. The minimum absolute atomic E-state index is 0.0290. The summed E-state index contributed by atoms with van der Waals surface area (Å²) in [6.45, 7) is -2.64. The number of phosphoric ester groups is 4. The minimum Gasteiger partial charge on any atom is -0.387 e. The van der Waals surface area contributed by atoms with Crippen LogP contribution in [0.5, 0.6) is 0 Å². The van der Waals surface area contributed by atoms with E-state index in [0.29, 0.717) is 0 Å². The Morgan fingerprint density at radius 1 is 0.652 bits per heavy atom. The molecule has 0 aromatic carbocycles. The van der Waals surface area contributed by atoms with Crippen molar-refractivity contribution in [3.8, 4) is 0 Å². The highest BCUT2D eigenvalue weighted by atomic mass is 31.2. The highest BCUT2D eigenvalue weighted by molar-refractivity contribution is 7.48. The molecule has 2 aromatic rings. The van der Waals surface area contributed by atoms with Crippen LogP contribution in [0.15, 0.2) is 19.6 Å². The maximum absolute atomic E-state index is 13.0. The molecule has 0 bridgehead atoms. The lowest BCUT2D eigenvalue weighted by atomic mass is 10.1. The number of aromatic amines is 2. The third-order valence-electron chi connectivity index (χ3n) is 9.05. The predicted molar refractivity (Wildman–Crippen MR) is 220 cm³/mol. The number of aliphatic hydroxyl groups excluding tert-OH is 4. The zero-order valence-corrected chi connectivity index (χ0v) is 38.1. The lowest BCUT2D eigenvalue weighted by Crippen LogP contribution is -2.45. The van der Waals surface area contributed by atoms with Crippen LogP contribution in [0.1, 0.15) is 11.1 Å². The van der Waals surface area contributed by atoms with E-state index < -0.39 is 130 Å². The molecule has 2 aromatic heterocycles. The number of nitrogens with one attached hydrogen (secondary N) is 2. The average Bonchev–Trinajstić information content (AvgIpc) is 3.65. The molecular formula is C28H48N10O24P4. The van der Waals surface area contributed by atoms with Gasteiger partial charge in [-0.2, -0.15) is 9.97 Å². The first-order valence-electron chi connectivity index (χ1n) is 18.4. The highest BCUT2D eigenvalue weighted by Gasteiger charge is 2.49. The quantitative estimate of drug-likeness (QED) is 0.0283. The van der Waals surface area contributed by atoms with Gasteiger partial charge in [-0.05, 0) is 13.8 Å². The van der Waals surface area contributed by atoms with Crippen LogP contribution in [0.3, 0.4) is 0 Å². The van der Waals surface area contributed by atoms with Crippen LogP contribution in [0.25, 0.3) is 0 Å². The van der Waals surface area contributed by atoms with Crippen LogP contribution in [-0.4, -0.2) is 184 Å². The molecule has 2 aliphatic heterocycles. The number of aliphatic hydroxyl groups is 4. The van der Waals surface area contributed by atoms with E-state index in [2.05, 4.69) is 39.0 Å². The molecule has 12 atom stereocenters. The predicted octanol–water partition coefficient (Wildman–Crippen LogP) is -4.62. The molecule has 374 valence electrons. The molecule has 4 heterocycles. The molecule has 2 fully saturated rings. The molecule has 38 heteroatoms.